The molecule has 10 heteroatoms. The van der Waals surface area contributed by atoms with Crippen molar-refractivity contribution < 1.29 is 22.7 Å². The molecule has 2 unspecified atom stereocenters. The lowest BCUT2D eigenvalue weighted by molar-refractivity contribution is -0.173. The number of anilines is 1. The van der Waals surface area contributed by atoms with Crippen LogP contribution in [-0.2, 0) is 0 Å². The van der Waals surface area contributed by atoms with Gasteiger partial charge in [-0.2, -0.15) is 30.0 Å². The Morgan fingerprint density at radius 3 is 2.55 bits per heavy atom. The fourth-order valence-electron chi connectivity index (χ4n) is 3.66. The molecule has 3 heterocycles. The average molecular weight is 426 g/mol. The number of ether oxygens (including phenoxy) is 1. The molecular weight excluding hydrogens is 405 g/mol. The minimum absolute atomic E-state index is 0.0454. The SMILES string of the molecule is COc1ccc(C2CC(C(F)(F)F)n3nc(C(=O)N4CCSCC4)cc3N2)cc1. The maximum atomic E-state index is 13.8. The molecule has 1 fully saturated rings. The van der Waals surface area contributed by atoms with Crippen LogP contribution in [0, 0.1) is 0 Å². The van der Waals surface area contributed by atoms with Crippen LogP contribution in [0.1, 0.15) is 34.6 Å². The van der Waals surface area contributed by atoms with Crippen molar-refractivity contribution in [2.75, 3.05) is 37.0 Å². The van der Waals surface area contributed by atoms with Gasteiger partial charge in [0.25, 0.3) is 5.91 Å². The summed E-state index contributed by atoms with van der Waals surface area (Å²) in [6, 6.07) is 6.00. The number of amides is 1. The van der Waals surface area contributed by atoms with E-state index in [0.717, 1.165) is 16.2 Å². The highest BCUT2D eigenvalue weighted by Gasteiger charge is 2.47. The standard InChI is InChI=1S/C19H21F3N4O2S/c1-28-13-4-2-12(3-5-13)14-10-16(19(20,21)22)26-17(23-14)11-15(24-26)18(27)25-6-8-29-9-7-25/h2-5,11,14,16,23H,6-10H2,1H3. The summed E-state index contributed by atoms with van der Waals surface area (Å²) in [4.78, 5) is 14.4. The summed E-state index contributed by atoms with van der Waals surface area (Å²) in [5.74, 6) is 2.16. The Morgan fingerprint density at radius 1 is 1.24 bits per heavy atom. The molecule has 2 aliphatic heterocycles. The van der Waals surface area contributed by atoms with Crippen LogP contribution in [0.4, 0.5) is 19.0 Å². The lowest BCUT2D eigenvalue weighted by Gasteiger charge is -2.33. The molecule has 2 aromatic rings. The largest absolute Gasteiger partial charge is 0.497 e. The summed E-state index contributed by atoms with van der Waals surface area (Å²) in [6.07, 6.45) is -4.69. The number of nitrogens with one attached hydrogen (secondary N) is 1. The first kappa shape index (κ1) is 19.9. The van der Waals surface area contributed by atoms with Gasteiger partial charge in [0.1, 0.15) is 11.6 Å². The zero-order valence-electron chi connectivity index (χ0n) is 15.8. The molecule has 1 aromatic carbocycles. The van der Waals surface area contributed by atoms with Crippen molar-refractivity contribution in [3.8, 4) is 5.75 Å². The fraction of sp³-hybridized carbons (Fsp3) is 0.474. The quantitative estimate of drug-likeness (QED) is 0.810. The molecule has 0 aliphatic carbocycles. The van der Waals surface area contributed by atoms with Crippen molar-refractivity contribution in [1.82, 2.24) is 14.7 Å². The number of nitrogens with zero attached hydrogens (tertiary/aromatic N) is 3. The van der Waals surface area contributed by atoms with E-state index in [1.165, 1.54) is 13.2 Å². The molecule has 0 bridgehead atoms. The number of fused-ring (bicyclic) bond motifs is 1. The summed E-state index contributed by atoms with van der Waals surface area (Å²) in [5.41, 5.74) is 0.762. The van der Waals surface area contributed by atoms with Gasteiger partial charge in [0, 0.05) is 37.1 Å². The third-order valence-electron chi connectivity index (χ3n) is 5.23. The van der Waals surface area contributed by atoms with Crippen molar-refractivity contribution in [2.24, 2.45) is 0 Å². The van der Waals surface area contributed by atoms with E-state index in [1.807, 2.05) is 0 Å². The molecule has 1 saturated heterocycles. The van der Waals surface area contributed by atoms with Gasteiger partial charge in [-0.15, -0.1) is 0 Å². The molecule has 2 atom stereocenters. The first-order valence-corrected chi connectivity index (χ1v) is 10.5. The van der Waals surface area contributed by atoms with Gasteiger partial charge < -0.3 is 15.0 Å². The monoisotopic (exact) mass is 426 g/mol. The van der Waals surface area contributed by atoms with E-state index in [2.05, 4.69) is 10.4 Å². The van der Waals surface area contributed by atoms with E-state index >= 15 is 0 Å². The number of halogens is 3. The minimum atomic E-state index is -4.48. The average Bonchev–Trinajstić information content (AvgIpc) is 3.16. The molecule has 6 nitrogen and oxygen atoms in total. The maximum absolute atomic E-state index is 13.8. The molecule has 1 amide bonds. The van der Waals surface area contributed by atoms with Crippen LogP contribution in [0.5, 0.6) is 5.75 Å². The number of hydrogen-bond donors (Lipinski definition) is 1. The Kier molecular flexibility index (Phi) is 5.37. The van der Waals surface area contributed by atoms with Gasteiger partial charge in [-0.3, -0.25) is 4.79 Å². The maximum Gasteiger partial charge on any atom is 0.410 e. The molecule has 1 N–H and O–H groups in total. The second kappa shape index (κ2) is 7.81. The lowest BCUT2D eigenvalue weighted by Crippen LogP contribution is -2.38. The molecule has 0 saturated carbocycles. The lowest BCUT2D eigenvalue weighted by atomic mass is 9.97. The van der Waals surface area contributed by atoms with Crippen molar-refractivity contribution in [2.45, 2.75) is 24.7 Å². The van der Waals surface area contributed by atoms with Gasteiger partial charge in [0.05, 0.1) is 13.2 Å². The summed E-state index contributed by atoms with van der Waals surface area (Å²) >= 11 is 1.75. The normalized spacial score (nSPS) is 22.0. The van der Waals surface area contributed by atoms with Crippen LogP contribution in [-0.4, -0.2) is 58.5 Å². The number of alkyl halides is 3. The molecular formula is C19H21F3N4O2S. The number of benzene rings is 1. The Labute approximate surface area is 170 Å². The molecule has 4 rings (SSSR count). The smallest absolute Gasteiger partial charge is 0.410 e. The van der Waals surface area contributed by atoms with Gasteiger partial charge in [0.15, 0.2) is 11.7 Å². The predicted molar refractivity (Wildman–Crippen MR) is 105 cm³/mol. The van der Waals surface area contributed by atoms with Crippen LogP contribution in [0.2, 0.25) is 0 Å². The van der Waals surface area contributed by atoms with Gasteiger partial charge in [0.2, 0.25) is 0 Å². The summed E-state index contributed by atoms with van der Waals surface area (Å²) in [5, 5.41) is 7.16. The molecule has 1 aromatic heterocycles. The Bertz CT molecular complexity index is 879. The molecule has 2 aliphatic rings. The number of rotatable bonds is 3. The number of hydrogen-bond acceptors (Lipinski definition) is 5. The van der Waals surface area contributed by atoms with Gasteiger partial charge in [-0.25, -0.2) is 4.68 Å². The third-order valence-corrected chi connectivity index (χ3v) is 6.17. The van der Waals surface area contributed by atoms with Gasteiger partial charge in [-0.1, -0.05) is 12.1 Å². The summed E-state index contributed by atoms with van der Waals surface area (Å²) in [7, 11) is 1.53. The minimum Gasteiger partial charge on any atom is -0.497 e. The second-order valence-electron chi connectivity index (χ2n) is 7.03. The van der Waals surface area contributed by atoms with Crippen molar-refractivity contribution in [3.05, 3.63) is 41.6 Å². The van der Waals surface area contributed by atoms with Crippen LogP contribution >= 0.6 is 11.8 Å². The van der Waals surface area contributed by atoms with Crippen molar-refractivity contribution in [1.29, 1.82) is 0 Å². The van der Waals surface area contributed by atoms with Crippen LogP contribution < -0.4 is 10.1 Å². The van der Waals surface area contributed by atoms with E-state index in [4.69, 9.17) is 4.74 Å². The first-order chi connectivity index (χ1) is 13.9. The van der Waals surface area contributed by atoms with E-state index in [0.29, 0.717) is 24.4 Å². The molecule has 156 valence electrons. The topological polar surface area (TPSA) is 59.4 Å². The highest BCUT2D eigenvalue weighted by molar-refractivity contribution is 7.99. The predicted octanol–water partition coefficient (Wildman–Crippen LogP) is 3.74. The summed E-state index contributed by atoms with van der Waals surface area (Å²) in [6.45, 7) is 1.16. The Morgan fingerprint density at radius 2 is 1.93 bits per heavy atom. The van der Waals surface area contributed by atoms with E-state index in [-0.39, 0.29) is 23.8 Å². The number of thioether (sulfide) groups is 1. The fourth-order valence-corrected chi connectivity index (χ4v) is 4.56. The molecule has 29 heavy (non-hydrogen) atoms. The van der Waals surface area contributed by atoms with E-state index < -0.39 is 18.3 Å². The van der Waals surface area contributed by atoms with Crippen LogP contribution in [0.15, 0.2) is 30.3 Å². The van der Waals surface area contributed by atoms with Crippen LogP contribution in [0.3, 0.4) is 0 Å². The Balaban J connectivity index is 1.64. The van der Waals surface area contributed by atoms with E-state index in [1.54, 1.807) is 40.9 Å². The van der Waals surface area contributed by atoms with Crippen LogP contribution in [0.25, 0.3) is 0 Å². The van der Waals surface area contributed by atoms with Crippen molar-refractivity contribution >= 4 is 23.5 Å². The van der Waals surface area contributed by atoms with Gasteiger partial charge in [-0.05, 0) is 17.7 Å². The Hall–Kier alpha value is -2.36. The zero-order valence-corrected chi connectivity index (χ0v) is 16.6. The molecule has 0 radical (unpaired) electrons. The van der Waals surface area contributed by atoms with Gasteiger partial charge >= 0.3 is 6.18 Å². The summed E-state index contributed by atoms with van der Waals surface area (Å²) < 4.78 is 47.4. The number of carbonyl (C=O) groups excluding carboxylic acids is 1. The number of methoxy groups -OCH3 is 1. The second-order valence-corrected chi connectivity index (χ2v) is 8.25. The highest BCUT2D eigenvalue weighted by atomic mass is 32.2. The number of aromatic nitrogens is 2. The molecule has 0 spiro atoms. The number of carbonyl (C=O) groups is 1. The van der Waals surface area contributed by atoms with E-state index in [9.17, 15) is 18.0 Å². The zero-order chi connectivity index (χ0) is 20.6. The van der Waals surface area contributed by atoms with Crippen molar-refractivity contribution in [3.63, 3.8) is 0 Å². The first-order valence-electron chi connectivity index (χ1n) is 9.30. The third kappa shape index (κ3) is 4.03. The highest BCUT2D eigenvalue weighted by Crippen LogP contribution is 2.43.